The summed E-state index contributed by atoms with van der Waals surface area (Å²) in [5, 5.41) is 0. The van der Waals surface area contributed by atoms with E-state index in [4.69, 9.17) is 14.2 Å². The summed E-state index contributed by atoms with van der Waals surface area (Å²) >= 11 is 1.82. The van der Waals surface area contributed by atoms with E-state index >= 15 is 0 Å². The number of carbonyl (C=O) groups excluding carboxylic acids is 2. The van der Waals surface area contributed by atoms with Crippen molar-refractivity contribution in [2.75, 3.05) is 25.6 Å². The number of hydrogen-bond donors (Lipinski definition) is 0. The molecular weight excluding hydrogens is 364 g/mol. The second-order valence-electron chi connectivity index (χ2n) is 6.68. The Labute approximate surface area is 166 Å². The van der Waals surface area contributed by atoms with Gasteiger partial charge >= 0.3 is 5.97 Å². The number of ketones is 1. The molecular formula is C21H30O5S. The maximum Gasteiger partial charge on any atom is 0.313 e. The number of thioether (sulfide) groups is 1. The van der Waals surface area contributed by atoms with Crippen LogP contribution in [-0.2, 0) is 30.2 Å². The molecule has 27 heavy (non-hydrogen) atoms. The molecule has 0 N–H and O–H groups in total. The number of carbonyl (C=O) groups is 2. The smallest absolute Gasteiger partial charge is 0.313 e. The van der Waals surface area contributed by atoms with Gasteiger partial charge in [-0.25, -0.2) is 0 Å². The number of unbranched alkanes of at least 4 members (excludes halogenated alkanes) is 1. The third-order valence-electron chi connectivity index (χ3n) is 4.24. The molecule has 150 valence electrons. The lowest BCUT2D eigenvalue weighted by Crippen LogP contribution is -2.23. The van der Waals surface area contributed by atoms with Crippen LogP contribution in [0.1, 0.15) is 51.0 Å². The van der Waals surface area contributed by atoms with Gasteiger partial charge in [0.15, 0.2) is 6.29 Å². The molecule has 0 bridgehead atoms. The quantitative estimate of drug-likeness (QED) is 0.229. The van der Waals surface area contributed by atoms with Crippen LogP contribution in [0.4, 0.5) is 0 Å². The van der Waals surface area contributed by atoms with Gasteiger partial charge in [0.1, 0.15) is 12.2 Å². The van der Waals surface area contributed by atoms with Gasteiger partial charge in [0.2, 0.25) is 0 Å². The first-order valence-corrected chi connectivity index (χ1v) is 10.7. The van der Waals surface area contributed by atoms with Crippen molar-refractivity contribution in [2.24, 2.45) is 0 Å². The Morgan fingerprint density at radius 1 is 1.19 bits per heavy atom. The second kappa shape index (κ2) is 12.9. The Hall–Kier alpha value is -1.37. The summed E-state index contributed by atoms with van der Waals surface area (Å²) in [6.07, 6.45) is 5.79. The molecule has 1 unspecified atom stereocenters. The van der Waals surface area contributed by atoms with E-state index in [1.165, 1.54) is 23.8 Å². The summed E-state index contributed by atoms with van der Waals surface area (Å²) in [6.45, 7) is 3.25. The lowest BCUT2D eigenvalue weighted by Gasteiger charge is -2.22. The molecule has 0 saturated carbocycles. The summed E-state index contributed by atoms with van der Waals surface area (Å²) in [7, 11) is 0. The first-order valence-electron chi connectivity index (χ1n) is 9.74. The van der Waals surface area contributed by atoms with Gasteiger partial charge in [-0.1, -0.05) is 18.2 Å². The van der Waals surface area contributed by atoms with Crippen molar-refractivity contribution in [2.45, 2.75) is 63.1 Å². The molecule has 0 radical (unpaired) electrons. The van der Waals surface area contributed by atoms with Gasteiger partial charge < -0.3 is 14.2 Å². The van der Waals surface area contributed by atoms with E-state index in [2.05, 4.69) is 24.3 Å². The van der Waals surface area contributed by atoms with Crippen LogP contribution < -0.4 is 0 Å². The van der Waals surface area contributed by atoms with Crippen LogP contribution in [0.25, 0.3) is 0 Å². The third-order valence-corrected chi connectivity index (χ3v) is 5.44. The number of esters is 1. The molecule has 5 nitrogen and oxygen atoms in total. The van der Waals surface area contributed by atoms with E-state index in [0.717, 1.165) is 44.5 Å². The molecule has 0 spiro atoms. The van der Waals surface area contributed by atoms with Gasteiger partial charge in [0.05, 0.1) is 13.2 Å². The van der Waals surface area contributed by atoms with Crippen LogP contribution >= 0.6 is 11.8 Å². The number of ether oxygens (including phenoxy) is 3. The lowest BCUT2D eigenvalue weighted by atomic mass is 10.1. The molecule has 1 heterocycles. The largest absolute Gasteiger partial charge is 0.465 e. The van der Waals surface area contributed by atoms with E-state index in [1.54, 1.807) is 0 Å². The van der Waals surface area contributed by atoms with Crippen LogP contribution in [0, 0.1) is 0 Å². The van der Waals surface area contributed by atoms with Crippen molar-refractivity contribution < 1.29 is 23.8 Å². The van der Waals surface area contributed by atoms with E-state index in [-0.39, 0.29) is 18.5 Å². The van der Waals surface area contributed by atoms with Crippen molar-refractivity contribution in [1.82, 2.24) is 0 Å². The minimum absolute atomic E-state index is 0.0377. The molecule has 1 atom stereocenters. The van der Waals surface area contributed by atoms with Gasteiger partial charge in [-0.3, -0.25) is 9.59 Å². The van der Waals surface area contributed by atoms with Crippen LogP contribution in [0.2, 0.25) is 0 Å². The molecule has 0 aromatic heterocycles. The molecule has 2 rings (SSSR count). The lowest BCUT2D eigenvalue weighted by molar-refractivity contribution is -0.161. The summed E-state index contributed by atoms with van der Waals surface area (Å²) in [4.78, 5) is 23.4. The van der Waals surface area contributed by atoms with E-state index in [9.17, 15) is 9.59 Å². The number of Topliss-reactive ketones (excluding diaryl/α,β-unsaturated/α-hetero) is 1. The second-order valence-corrected chi connectivity index (χ2v) is 7.82. The summed E-state index contributed by atoms with van der Waals surface area (Å²) in [5.41, 5.74) is 1.30. The van der Waals surface area contributed by atoms with Crippen molar-refractivity contribution in [3.05, 3.63) is 29.8 Å². The van der Waals surface area contributed by atoms with Crippen LogP contribution in [0.15, 0.2) is 29.2 Å². The Kier molecular flexibility index (Phi) is 10.5. The average Bonchev–Trinajstić information content (AvgIpc) is 2.66. The maximum absolute atomic E-state index is 11.3. The highest BCUT2D eigenvalue weighted by atomic mass is 32.2. The average molecular weight is 395 g/mol. The minimum Gasteiger partial charge on any atom is -0.465 e. The molecule has 0 amide bonds. The SMILES string of the molecule is CC(=O)CC(=O)OCCCCSc1ccccc1CCOC1CCCCO1. The van der Waals surface area contributed by atoms with Crippen LogP contribution in [0.5, 0.6) is 0 Å². The number of rotatable bonds is 12. The Bertz CT molecular complexity index is 584. The Morgan fingerprint density at radius 3 is 2.81 bits per heavy atom. The van der Waals surface area contributed by atoms with Gasteiger partial charge in [-0.2, -0.15) is 0 Å². The van der Waals surface area contributed by atoms with Crippen molar-refractivity contribution >= 4 is 23.5 Å². The molecule has 1 aromatic rings. The van der Waals surface area contributed by atoms with Gasteiger partial charge in [0.25, 0.3) is 0 Å². The highest BCUT2D eigenvalue weighted by molar-refractivity contribution is 7.99. The summed E-state index contributed by atoms with van der Waals surface area (Å²) < 4.78 is 16.5. The fourth-order valence-electron chi connectivity index (χ4n) is 2.82. The standard InChI is InChI=1S/C21H30O5S/c1-17(22)16-20(23)24-12-6-7-15-27-19-9-3-2-8-18(19)11-14-26-21-10-4-5-13-25-21/h2-3,8-9,21H,4-7,10-16H2,1H3. The molecule has 1 fully saturated rings. The normalized spacial score (nSPS) is 16.9. The molecule has 1 aliphatic heterocycles. The van der Waals surface area contributed by atoms with Crippen molar-refractivity contribution in [3.63, 3.8) is 0 Å². The molecule has 1 aromatic carbocycles. The summed E-state index contributed by atoms with van der Waals surface area (Å²) in [5.74, 6) is 0.377. The molecule has 6 heteroatoms. The van der Waals surface area contributed by atoms with Crippen LogP contribution in [-0.4, -0.2) is 43.6 Å². The predicted octanol–water partition coefficient (Wildman–Crippen LogP) is 4.17. The van der Waals surface area contributed by atoms with E-state index in [1.807, 2.05) is 11.8 Å². The highest BCUT2D eigenvalue weighted by Gasteiger charge is 2.14. The highest BCUT2D eigenvalue weighted by Crippen LogP contribution is 2.24. The third kappa shape index (κ3) is 9.40. The first-order chi connectivity index (χ1) is 13.1. The molecule has 1 saturated heterocycles. The number of benzene rings is 1. The van der Waals surface area contributed by atoms with Gasteiger partial charge in [0, 0.05) is 11.5 Å². The van der Waals surface area contributed by atoms with Crippen LogP contribution in [0.3, 0.4) is 0 Å². The fraction of sp³-hybridized carbons (Fsp3) is 0.619. The fourth-order valence-corrected chi connectivity index (χ4v) is 3.92. The van der Waals surface area contributed by atoms with E-state index < -0.39 is 5.97 Å². The first kappa shape index (κ1) is 21.9. The molecule has 1 aliphatic rings. The van der Waals surface area contributed by atoms with Gasteiger partial charge in [-0.05, 0) is 62.8 Å². The Morgan fingerprint density at radius 2 is 2.04 bits per heavy atom. The summed E-state index contributed by atoms with van der Waals surface area (Å²) in [6, 6.07) is 8.41. The maximum atomic E-state index is 11.3. The zero-order chi connectivity index (χ0) is 19.3. The topological polar surface area (TPSA) is 61.8 Å². The zero-order valence-corrected chi connectivity index (χ0v) is 16.9. The molecule has 0 aliphatic carbocycles. The minimum atomic E-state index is -0.428. The number of hydrogen-bond acceptors (Lipinski definition) is 6. The zero-order valence-electron chi connectivity index (χ0n) is 16.1. The monoisotopic (exact) mass is 394 g/mol. The predicted molar refractivity (Wildman–Crippen MR) is 106 cm³/mol. The van der Waals surface area contributed by atoms with Crippen molar-refractivity contribution in [1.29, 1.82) is 0 Å². The van der Waals surface area contributed by atoms with Crippen molar-refractivity contribution in [3.8, 4) is 0 Å². The van der Waals surface area contributed by atoms with E-state index in [0.29, 0.717) is 13.2 Å². The Balaban J connectivity index is 1.61. The van der Waals surface area contributed by atoms with Gasteiger partial charge in [-0.15, -0.1) is 11.8 Å².